The van der Waals surface area contributed by atoms with E-state index in [9.17, 15) is 22.8 Å². The minimum absolute atomic E-state index is 0.0836. The Morgan fingerprint density at radius 1 is 1.13 bits per heavy atom. The number of pyridine rings is 1. The van der Waals surface area contributed by atoms with Crippen molar-refractivity contribution in [2.75, 3.05) is 7.11 Å². The highest BCUT2D eigenvalue weighted by molar-refractivity contribution is 6.06. The molecule has 1 aliphatic heterocycles. The second-order valence-electron chi connectivity index (χ2n) is 8.95. The van der Waals surface area contributed by atoms with E-state index in [1.807, 2.05) is 26.0 Å². The zero-order valence-corrected chi connectivity index (χ0v) is 21.5. The number of methoxy groups -OCH3 is 1. The second-order valence-corrected chi connectivity index (χ2v) is 8.95. The number of amides is 2. The average Bonchev–Trinajstić information content (AvgIpc) is 2.92. The number of rotatable bonds is 8. The number of hydrogen-bond donors (Lipinski definition) is 1. The number of aromatic nitrogens is 1. The summed E-state index contributed by atoms with van der Waals surface area (Å²) in [4.78, 5) is 30.5. The number of alkyl halides is 3. The Hall–Kier alpha value is -4.41. The van der Waals surface area contributed by atoms with Gasteiger partial charge in [0.25, 0.3) is 5.91 Å². The van der Waals surface area contributed by atoms with Crippen molar-refractivity contribution in [3.8, 4) is 11.5 Å². The summed E-state index contributed by atoms with van der Waals surface area (Å²) in [6.45, 7) is 3.81. The van der Waals surface area contributed by atoms with Crippen molar-refractivity contribution >= 4 is 17.5 Å². The van der Waals surface area contributed by atoms with Crippen molar-refractivity contribution in [2.24, 2.45) is 11.0 Å². The van der Waals surface area contributed by atoms with Gasteiger partial charge in [-0.1, -0.05) is 42.8 Å². The summed E-state index contributed by atoms with van der Waals surface area (Å²) >= 11 is 0. The van der Waals surface area contributed by atoms with Gasteiger partial charge in [-0.05, 0) is 49.2 Å². The van der Waals surface area contributed by atoms with Gasteiger partial charge < -0.3 is 14.8 Å². The quantitative estimate of drug-likeness (QED) is 0.414. The van der Waals surface area contributed by atoms with Gasteiger partial charge in [0.15, 0.2) is 17.7 Å². The van der Waals surface area contributed by atoms with Crippen molar-refractivity contribution in [3.63, 3.8) is 0 Å². The van der Waals surface area contributed by atoms with Crippen LogP contribution >= 0.6 is 0 Å². The topological polar surface area (TPSA) is 93.1 Å². The fraction of sp³-hybridized carbons (Fsp3) is 0.286. The number of ether oxygens (including phenoxy) is 2. The number of nitrogens with one attached hydrogen (secondary N) is 1. The SMILES string of the molecule is CCC1CC(=O)N(C(NC(=O)c2ccccn2)c2ccc(C)cc2)N=C1c1ccc(OC(F)(F)F)c(OC)c1. The highest BCUT2D eigenvalue weighted by Crippen LogP contribution is 2.36. The monoisotopic (exact) mass is 540 g/mol. The van der Waals surface area contributed by atoms with Gasteiger partial charge in [-0.15, -0.1) is 13.2 Å². The van der Waals surface area contributed by atoms with Crippen LogP contribution in [0.5, 0.6) is 11.5 Å². The van der Waals surface area contributed by atoms with E-state index in [2.05, 4.69) is 20.1 Å². The molecule has 2 atom stereocenters. The molecule has 2 heterocycles. The number of benzene rings is 2. The fourth-order valence-electron chi connectivity index (χ4n) is 4.25. The molecule has 204 valence electrons. The molecule has 39 heavy (non-hydrogen) atoms. The van der Waals surface area contributed by atoms with Crippen molar-refractivity contribution in [1.82, 2.24) is 15.3 Å². The summed E-state index contributed by atoms with van der Waals surface area (Å²) in [5.74, 6) is -1.76. The largest absolute Gasteiger partial charge is 0.573 e. The van der Waals surface area contributed by atoms with E-state index < -0.39 is 24.2 Å². The fourth-order valence-corrected chi connectivity index (χ4v) is 4.25. The number of aryl methyl sites for hydroxylation is 1. The van der Waals surface area contributed by atoms with Crippen LogP contribution in [-0.2, 0) is 4.79 Å². The van der Waals surface area contributed by atoms with Crippen LogP contribution < -0.4 is 14.8 Å². The van der Waals surface area contributed by atoms with Gasteiger partial charge >= 0.3 is 6.36 Å². The summed E-state index contributed by atoms with van der Waals surface area (Å²) in [7, 11) is 1.23. The number of halogens is 3. The molecule has 1 aromatic heterocycles. The van der Waals surface area contributed by atoms with E-state index in [4.69, 9.17) is 4.74 Å². The van der Waals surface area contributed by atoms with E-state index >= 15 is 0 Å². The molecule has 2 unspecified atom stereocenters. The average molecular weight is 541 g/mol. The van der Waals surface area contributed by atoms with Crippen LogP contribution in [0.2, 0.25) is 0 Å². The first-order valence-electron chi connectivity index (χ1n) is 12.2. The summed E-state index contributed by atoms with van der Waals surface area (Å²) in [6.07, 6.45) is -3.73. The van der Waals surface area contributed by atoms with Gasteiger partial charge in [0.1, 0.15) is 5.69 Å². The van der Waals surface area contributed by atoms with Crippen LogP contribution in [0.25, 0.3) is 0 Å². The maximum absolute atomic E-state index is 13.4. The van der Waals surface area contributed by atoms with E-state index in [1.165, 1.54) is 30.4 Å². The van der Waals surface area contributed by atoms with E-state index in [0.29, 0.717) is 23.3 Å². The third kappa shape index (κ3) is 6.54. The lowest BCUT2D eigenvalue weighted by Gasteiger charge is -2.35. The molecule has 0 radical (unpaired) electrons. The molecule has 0 aliphatic carbocycles. The van der Waals surface area contributed by atoms with Crippen LogP contribution in [0.3, 0.4) is 0 Å². The van der Waals surface area contributed by atoms with Crippen LogP contribution in [0.4, 0.5) is 13.2 Å². The van der Waals surface area contributed by atoms with E-state index in [1.54, 1.807) is 30.3 Å². The molecule has 3 aromatic rings. The number of hydrogen-bond acceptors (Lipinski definition) is 6. The minimum Gasteiger partial charge on any atom is -0.493 e. The second kappa shape index (κ2) is 11.5. The molecule has 0 spiro atoms. The molecule has 0 saturated carbocycles. The molecule has 2 aromatic carbocycles. The lowest BCUT2D eigenvalue weighted by Crippen LogP contribution is -2.46. The molecule has 11 heteroatoms. The van der Waals surface area contributed by atoms with Crippen LogP contribution in [0.15, 0.2) is 72.0 Å². The first kappa shape index (κ1) is 27.6. The first-order valence-corrected chi connectivity index (χ1v) is 12.2. The zero-order valence-electron chi connectivity index (χ0n) is 21.5. The molecular formula is C28H27F3N4O4. The molecule has 4 rings (SSSR count). The predicted molar refractivity (Wildman–Crippen MR) is 137 cm³/mol. The Bertz CT molecular complexity index is 1360. The number of carbonyl (C=O) groups excluding carboxylic acids is 2. The predicted octanol–water partition coefficient (Wildman–Crippen LogP) is 5.39. The first-order chi connectivity index (χ1) is 18.6. The summed E-state index contributed by atoms with van der Waals surface area (Å²) in [5, 5.41) is 8.72. The summed E-state index contributed by atoms with van der Waals surface area (Å²) in [6, 6.07) is 16.2. The van der Waals surface area contributed by atoms with Gasteiger partial charge in [0, 0.05) is 24.1 Å². The Kier molecular flexibility index (Phi) is 8.18. The highest BCUT2D eigenvalue weighted by Gasteiger charge is 2.36. The molecule has 1 N–H and O–H groups in total. The normalized spacial score (nSPS) is 16.4. The van der Waals surface area contributed by atoms with Gasteiger partial charge in [-0.2, -0.15) is 5.10 Å². The lowest BCUT2D eigenvalue weighted by atomic mass is 9.89. The Morgan fingerprint density at radius 2 is 1.87 bits per heavy atom. The Morgan fingerprint density at radius 3 is 2.49 bits per heavy atom. The van der Waals surface area contributed by atoms with Crippen molar-refractivity contribution in [1.29, 1.82) is 0 Å². The van der Waals surface area contributed by atoms with Crippen LogP contribution in [0, 0.1) is 12.8 Å². The van der Waals surface area contributed by atoms with Crippen LogP contribution in [-0.4, -0.2) is 41.0 Å². The standard InChI is InChI=1S/C28H27F3N4O4/c1-4-18-16-24(36)35(34-25(18)20-12-13-22(23(15-20)38-3)39-28(29,30)31)26(19-10-8-17(2)9-11-19)33-27(37)21-7-5-6-14-32-21/h5-15,18,26H,4,16H2,1-3H3,(H,33,37). The van der Waals surface area contributed by atoms with E-state index in [-0.39, 0.29) is 29.7 Å². The molecule has 0 fully saturated rings. The van der Waals surface area contributed by atoms with Crippen molar-refractivity contribution in [3.05, 3.63) is 89.2 Å². The van der Waals surface area contributed by atoms with Crippen molar-refractivity contribution < 1.29 is 32.2 Å². The third-order valence-electron chi connectivity index (χ3n) is 6.26. The molecular weight excluding hydrogens is 513 g/mol. The number of nitrogens with zero attached hydrogens (tertiary/aromatic N) is 3. The third-order valence-corrected chi connectivity index (χ3v) is 6.26. The highest BCUT2D eigenvalue weighted by atomic mass is 19.4. The Labute approximate surface area is 223 Å². The smallest absolute Gasteiger partial charge is 0.493 e. The van der Waals surface area contributed by atoms with Gasteiger partial charge in [-0.3, -0.25) is 14.6 Å². The van der Waals surface area contributed by atoms with Gasteiger partial charge in [0.2, 0.25) is 5.91 Å². The molecule has 0 bridgehead atoms. The van der Waals surface area contributed by atoms with Crippen LogP contribution in [0.1, 0.15) is 53.1 Å². The molecule has 1 aliphatic rings. The maximum Gasteiger partial charge on any atom is 0.573 e. The molecule has 0 saturated heterocycles. The number of carbonyl (C=O) groups is 2. The summed E-state index contributed by atoms with van der Waals surface area (Å²) < 4.78 is 47.7. The minimum atomic E-state index is -4.89. The lowest BCUT2D eigenvalue weighted by molar-refractivity contribution is -0.275. The zero-order chi connectivity index (χ0) is 28.2. The summed E-state index contributed by atoms with van der Waals surface area (Å²) in [5.41, 5.74) is 2.70. The van der Waals surface area contributed by atoms with Crippen molar-refractivity contribution in [2.45, 2.75) is 39.2 Å². The Balaban J connectivity index is 1.77. The maximum atomic E-state index is 13.4. The number of hydrazone groups is 1. The molecule has 8 nitrogen and oxygen atoms in total. The van der Waals surface area contributed by atoms with Gasteiger partial charge in [0.05, 0.1) is 12.8 Å². The van der Waals surface area contributed by atoms with E-state index in [0.717, 1.165) is 11.6 Å². The van der Waals surface area contributed by atoms with Gasteiger partial charge in [-0.25, -0.2) is 5.01 Å². The molecule has 2 amide bonds.